The third-order valence-corrected chi connectivity index (χ3v) is 3.16. The van der Waals surface area contributed by atoms with Gasteiger partial charge in [-0.2, -0.15) is 5.10 Å². The Bertz CT molecular complexity index is 465. The van der Waals surface area contributed by atoms with Gasteiger partial charge in [-0.1, -0.05) is 13.8 Å². The lowest BCUT2D eigenvalue weighted by Gasteiger charge is -2.31. The molecular formula is C14H25N5. The molecule has 0 aromatic carbocycles. The van der Waals surface area contributed by atoms with E-state index in [4.69, 9.17) is 11.1 Å². The van der Waals surface area contributed by atoms with E-state index in [9.17, 15) is 0 Å². The number of nitrogens with one attached hydrogen (secondary N) is 1. The van der Waals surface area contributed by atoms with Crippen LogP contribution in [0.2, 0.25) is 0 Å². The molecule has 0 fully saturated rings. The highest BCUT2D eigenvalue weighted by atomic mass is 15.3. The summed E-state index contributed by atoms with van der Waals surface area (Å²) in [7, 11) is 0. The van der Waals surface area contributed by atoms with Crippen LogP contribution in [0.1, 0.15) is 44.5 Å². The average molecular weight is 263 g/mol. The van der Waals surface area contributed by atoms with E-state index in [0.717, 1.165) is 23.6 Å². The molecule has 0 unspecified atom stereocenters. The van der Waals surface area contributed by atoms with E-state index < -0.39 is 0 Å². The molecule has 5 nitrogen and oxygen atoms in total. The van der Waals surface area contributed by atoms with Crippen molar-refractivity contribution in [3.63, 3.8) is 0 Å². The molecule has 0 spiro atoms. The number of nitrogen functional groups attached to an aromatic ring is 1. The Labute approximate surface area is 115 Å². The van der Waals surface area contributed by atoms with Crippen molar-refractivity contribution in [2.75, 3.05) is 11.4 Å². The van der Waals surface area contributed by atoms with Crippen molar-refractivity contribution >= 4 is 11.7 Å². The molecule has 0 saturated heterocycles. The van der Waals surface area contributed by atoms with Crippen molar-refractivity contribution in [1.82, 2.24) is 10.2 Å². The number of hydrogen-bond acceptors (Lipinski definition) is 4. The van der Waals surface area contributed by atoms with Gasteiger partial charge in [0.25, 0.3) is 0 Å². The lowest BCUT2D eigenvalue weighted by Crippen LogP contribution is -2.37. The fraction of sp³-hybridized carbons (Fsp3) is 0.643. The topological polar surface area (TPSA) is 78.9 Å². The Morgan fingerprint density at radius 3 is 2.21 bits per heavy atom. The van der Waals surface area contributed by atoms with Gasteiger partial charge in [0.2, 0.25) is 0 Å². The minimum atomic E-state index is 0.0555. The molecule has 5 heteroatoms. The summed E-state index contributed by atoms with van der Waals surface area (Å²) in [5, 5.41) is 16.3. The van der Waals surface area contributed by atoms with Gasteiger partial charge >= 0.3 is 0 Å². The zero-order chi connectivity index (χ0) is 14.7. The average Bonchev–Trinajstić information content (AvgIpc) is 2.28. The van der Waals surface area contributed by atoms with E-state index in [1.54, 1.807) is 0 Å². The van der Waals surface area contributed by atoms with Crippen molar-refractivity contribution in [3.05, 3.63) is 16.8 Å². The highest BCUT2D eigenvalue weighted by Gasteiger charge is 2.21. The predicted octanol–water partition coefficient (Wildman–Crippen LogP) is 2.25. The van der Waals surface area contributed by atoms with Gasteiger partial charge < -0.3 is 10.6 Å². The van der Waals surface area contributed by atoms with Crippen LogP contribution in [0.25, 0.3) is 0 Å². The largest absolute Gasteiger partial charge is 0.384 e. The lowest BCUT2D eigenvalue weighted by atomic mass is 10.1. The molecule has 0 atom stereocenters. The quantitative estimate of drug-likeness (QED) is 0.631. The smallest absolute Gasteiger partial charge is 0.162 e. The molecule has 0 aliphatic heterocycles. The highest BCUT2D eigenvalue weighted by Crippen LogP contribution is 2.24. The van der Waals surface area contributed by atoms with E-state index in [1.807, 2.05) is 13.8 Å². The fourth-order valence-electron chi connectivity index (χ4n) is 2.05. The second-order valence-corrected chi connectivity index (χ2v) is 5.66. The van der Waals surface area contributed by atoms with Crippen LogP contribution in [-0.2, 0) is 0 Å². The van der Waals surface area contributed by atoms with Gasteiger partial charge in [0.15, 0.2) is 5.82 Å². The van der Waals surface area contributed by atoms with Gasteiger partial charge in [-0.25, -0.2) is 0 Å². The third-order valence-electron chi connectivity index (χ3n) is 3.16. The Hall–Kier alpha value is -1.65. The zero-order valence-electron chi connectivity index (χ0n) is 12.8. The van der Waals surface area contributed by atoms with Gasteiger partial charge in [0.1, 0.15) is 5.84 Å². The number of nitrogens with two attached hydrogens (primary N) is 1. The molecule has 0 amide bonds. The summed E-state index contributed by atoms with van der Waals surface area (Å²) in [5.74, 6) is 1.28. The van der Waals surface area contributed by atoms with Gasteiger partial charge in [-0.3, -0.25) is 5.41 Å². The molecule has 0 aliphatic rings. The second-order valence-electron chi connectivity index (χ2n) is 5.66. The van der Waals surface area contributed by atoms with E-state index in [2.05, 4.69) is 42.8 Å². The maximum Gasteiger partial charge on any atom is 0.162 e. The van der Waals surface area contributed by atoms with Crippen LogP contribution >= 0.6 is 0 Å². The molecule has 0 saturated carbocycles. The van der Waals surface area contributed by atoms with Crippen molar-refractivity contribution < 1.29 is 0 Å². The molecule has 1 heterocycles. The molecule has 1 aromatic rings. The molecule has 1 rings (SSSR count). The van der Waals surface area contributed by atoms with Gasteiger partial charge in [0, 0.05) is 12.6 Å². The highest BCUT2D eigenvalue weighted by molar-refractivity contribution is 6.01. The number of aryl methyl sites for hydroxylation is 1. The summed E-state index contributed by atoms with van der Waals surface area (Å²) in [4.78, 5) is 2.17. The van der Waals surface area contributed by atoms with Gasteiger partial charge in [-0.05, 0) is 39.2 Å². The summed E-state index contributed by atoms with van der Waals surface area (Å²) in [6.07, 6.45) is 0. The SMILES string of the molecule is Cc1nnc(N(CC(C)C)C(C)C)c(C(=N)N)c1C. The number of anilines is 1. The van der Waals surface area contributed by atoms with Crippen LogP contribution < -0.4 is 10.6 Å². The lowest BCUT2D eigenvalue weighted by molar-refractivity contribution is 0.562. The molecule has 0 aliphatic carbocycles. The fourth-order valence-corrected chi connectivity index (χ4v) is 2.05. The maximum atomic E-state index is 7.81. The normalized spacial score (nSPS) is 11.2. The van der Waals surface area contributed by atoms with E-state index >= 15 is 0 Å². The van der Waals surface area contributed by atoms with Crippen LogP contribution in [0.4, 0.5) is 5.82 Å². The van der Waals surface area contributed by atoms with Crippen LogP contribution in [0.5, 0.6) is 0 Å². The molecule has 1 aromatic heterocycles. The molecule has 19 heavy (non-hydrogen) atoms. The Kier molecular flexibility index (Phi) is 4.86. The summed E-state index contributed by atoms with van der Waals surface area (Å²) >= 11 is 0. The minimum Gasteiger partial charge on any atom is -0.384 e. The third kappa shape index (κ3) is 3.43. The first kappa shape index (κ1) is 15.4. The van der Waals surface area contributed by atoms with Crippen molar-refractivity contribution in [2.24, 2.45) is 11.7 Å². The summed E-state index contributed by atoms with van der Waals surface area (Å²) in [5.41, 5.74) is 8.21. The van der Waals surface area contributed by atoms with Crippen LogP contribution in [0, 0.1) is 25.2 Å². The predicted molar refractivity (Wildman–Crippen MR) is 79.8 cm³/mol. The Balaban J connectivity index is 3.38. The van der Waals surface area contributed by atoms with Gasteiger partial charge in [0.05, 0.1) is 11.3 Å². The first-order valence-electron chi connectivity index (χ1n) is 6.70. The monoisotopic (exact) mass is 263 g/mol. The number of rotatable bonds is 5. The number of aromatic nitrogens is 2. The van der Waals surface area contributed by atoms with Gasteiger partial charge in [-0.15, -0.1) is 5.10 Å². The van der Waals surface area contributed by atoms with Crippen LogP contribution in [0.3, 0.4) is 0 Å². The summed E-state index contributed by atoms with van der Waals surface area (Å²) < 4.78 is 0. The second kappa shape index (κ2) is 5.99. The molecular weight excluding hydrogens is 238 g/mol. The number of hydrogen-bond donors (Lipinski definition) is 2. The Morgan fingerprint density at radius 1 is 1.21 bits per heavy atom. The first-order chi connectivity index (χ1) is 8.75. The number of amidine groups is 1. The summed E-state index contributed by atoms with van der Waals surface area (Å²) in [6, 6.07) is 0.289. The Morgan fingerprint density at radius 2 is 1.79 bits per heavy atom. The molecule has 3 N–H and O–H groups in total. The van der Waals surface area contributed by atoms with Crippen LogP contribution in [-0.4, -0.2) is 28.6 Å². The van der Waals surface area contributed by atoms with E-state index in [1.165, 1.54) is 0 Å². The van der Waals surface area contributed by atoms with Crippen molar-refractivity contribution in [1.29, 1.82) is 5.41 Å². The van der Waals surface area contributed by atoms with Crippen molar-refractivity contribution in [3.8, 4) is 0 Å². The summed E-state index contributed by atoms with van der Waals surface area (Å²) in [6.45, 7) is 13.3. The number of nitrogens with zero attached hydrogens (tertiary/aromatic N) is 3. The maximum absolute atomic E-state index is 7.81. The van der Waals surface area contributed by atoms with Crippen LogP contribution in [0.15, 0.2) is 0 Å². The van der Waals surface area contributed by atoms with E-state index in [0.29, 0.717) is 11.5 Å². The van der Waals surface area contributed by atoms with E-state index in [-0.39, 0.29) is 11.9 Å². The minimum absolute atomic E-state index is 0.0555. The first-order valence-corrected chi connectivity index (χ1v) is 6.70. The molecule has 106 valence electrons. The van der Waals surface area contributed by atoms with Crippen molar-refractivity contribution in [2.45, 2.75) is 47.6 Å². The molecule has 0 bridgehead atoms. The standard InChI is InChI=1S/C14H25N5/c1-8(2)7-19(9(3)4)14-12(13(15)16)10(5)11(6)17-18-14/h8-9H,7H2,1-6H3,(H3,15,16). The zero-order valence-corrected chi connectivity index (χ0v) is 12.8. The molecule has 0 radical (unpaired) electrons.